The minimum Gasteiger partial charge on any atom is -0.385 e. The third-order valence-electron chi connectivity index (χ3n) is 3.82. The maximum atomic E-state index is 5.77. The summed E-state index contributed by atoms with van der Waals surface area (Å²) in [5.41, 5.74) is 4.06. The van der Waals surface area contributed by atoms with Gasteiger partial charge in [0, 0.05) is 31.0 Å². The van der Waals surface area contributed by atoms with Crippen LogP contribution in [0.5, 0.6) is 0 Å². The van der Waals surface area contributed by atoms with Gasteiger partial charge in [-0.05, 0) is 44.4 Å². The normalized spacial score (nSPS) is 22.2. The lowest BCUT2D eigenvalue weighted by molar-refractivity contribution is -0.0276. The maximum Gasteiger partial charge on any atom is 0.0801 e. The van der Waals surface area contributed by atoms with Crippen molar-refractivity contribution in [3.63, 3.8) is 0 Å². The third kappa shape index (κ3) is 2.32. The van der Waals surface area contributed by atoms with Crippen molar-refractivity contribution in [3.8, 4) is 0 Å². The number of hydrogen-bond donors (Lipinski definition) is 1. The van der Waals surface area contributed by atoms with Crippen molar-refractivity contribution in [1.29, 1.82) is 0 Å². The van der Waals surface area contributed by atoms with Crippen molar-refractivity contribution in [2.45, 2.75) is 32.3 Å². The van der Waals surface area contributed by atoms with E-state index in [2.05, 4.69) is 42.3 Å². The van der Waals surface area contributed by atoms with Crippen LogP contribution in [0.4, 0.5) is 11.4 Å². The maximum absolute atomic E-state index is 5.77. The summed E-state index contributed by atoms with van der Waals surface area (Å²) in [7, 11) is 0. The van der Waals surface area contributed by atoms with Gasteiger partial charge in [0.25, 0.3) is 0 Å². The highest BCUT2D eigenvalue weighted by Gasteiger charge is 2.27. The van der Waals surface area contributed by atoms with Gasteiger partial charge in [0.1, 0.15) is 0 Å². The van der Waals surface area contributed by atoms with Gasteiger partial charge >= 0.3 is 0 Å². The lowest BCUT2D eigenvalue weighted by atomic mass is 10.0. The SMILES string of the molecule is CC1(C)CN(c2ccc3c(c2)NCCC3)CCO1. The second-order valence-corrected chi connectivity index (χ2v) is 5.90. The Balaban J connectivity index is 1.83. The summed E-state index contributed by atoms with van der Waals surface area (Å²) in [6.07, 6.45) is 2.45. The quantitative estimate of drug-likeness (QED) is 0.824. The van der Waals surface area contributed by atoms with Gasteiger partial charge in [-0.3, -0.25) is 0 Å². The summed E-state index contributed by atoms with van der Waals surface area (Å²) in [5, 5.41) is 3.50. The van der Waals surface area contributed by atoms with Crippen LogP contribution in [0.3, 0.4) is 0 Å². The predicted octanol–water partition coefficient (Wildman–Crippen LogP) is 2.66. The number of hydrogen-bond acceptors (Lipinski definition) is 3. The Morgan fingerprint density at radius 1 is 1.33 bits per heavy atom. The molecule has 0 spiro atoms. The fourth-order valence-corrected chi connectivity index (χ4v) is 2.88. The van der Waals surface area contributed by atoms with Gasteiger partial charge in [-0.2, -0.15) is 0 Å². The molecule has 1 aromatic rings. The van der Waals surface area contributed by atoms with Gasteiger partial charge in [0.15, 0.2) is 0 Å². The minimum absolute atomic E-state index is 0.0401. The number of rotatable bonds is 1. The highest BCUT2D eigenvalue weighted by atomic mass is 16.5. The number of morpholine rings is 1. The van der Waals surface area contributed by atoms with Crippen LogP contribution in [0.2, 0.25) is 0 Å². The zero-order chi connectivity index (χ0) is 12.6. The van der Waals surface area contributed by atoms with E-state index in [0.717, 1.165) is 26.2 Å². The Morgan fingerprint density at radius 2 is 2.22 bits per heavy atom. The molecule has 2 aliphatic heterocycles. The molecular weight excluding hydrogens is 224 g/mol. The molecule has 0 bridgehead atoms. The smallest absolute Gasteiger partial charge is 0.0801 e. The summed E-state index contributed by atoms with van der Waals surface area (Å²) >= 11 is 0. The fourth-order valence-electron chi connectivity index (χ4n) is 2.88. The summed E-state index contributed by atoms with van der Waals surface area (Å²) in [6, 6.07) is 6.84. The van der Waals surface area contributed by atoms with Crippen LogP contribution in [-0.4, -0.2) is 31.8 Å². The van der Waals surface area contributed by atoms with Gasteiger partial charge in [0.05, 0.1) is 12.2 Å². The van der Waals surface area contributed by atoms with Crippen LogP contribution in [0.25, 0.3) is 0 Å². The molecule has 2 aliphatic rings. The second-order valence-electron chi connectivity index (χ2n) is 5.90. The first-order chi connectivity index (χ1) is 8.64. The monoisotopic (exact) mass is 246 g/mol. The van der Waals surface area contributed by atoms with Crippen LogP contribution in [0, 0.1) is 0 Å². The molecule has 0 aliphatic carbocycles. The fraction of sp³-hybridized carbons (Fsp3) is 0.600. The Labute approximate surface area is 109 Å². The van der Waals surface area contributed by atoms with Gasteiger partial charge in [-0.25, -0.2) is 0 Å². The number of fused-ring (bicyclic) bond motifs is 1. The van der Waals surface area contributed by atoms with Crippen molar-refractivity contribution in [2.75, 3.05) is 36.5 Å². The Kier molecular flexibility index (Phi) is 2.94. The molecule has 2 heterocycles. The van der Waals surface area contributed by atoms with E-state index in [0.29, 0.717) is 0 Å². The van der Waals surface area contributed by atoms with E-state index in [-0.39, 0.29) is 5.60 Å². The van der Waals surface area contributed by atoms with E-state index in [1.54, 1.807) is 0 Å². The lowest BCUT2D eigenvalue weighted by Gasteiger charge is -2.39. The first-order valence-electron chi connectivity index (χ1n) is 6.90. The lowest BCUT2D eigenvalue weighted by Crippen LogP contribution is -2.48. The van der Waals surface area contributed by atoms with Gasteiger partial charge < -0.3 is 15.0 Å². The molecule has 0 atom stereocenters. The summed E-state index contributed by atoms with van der Waals surface area (Å²) in [4.78, 5) is 2.43. The zero-order valence-corrected chi connectivity index (χ0v) is 11.3. The van der Waals surface area contributed by atoms with E-state index >= 15 is 0 Å². The average molecular weight is 246 g/mol. The number of anilines is 2. The molecule has 0 saturated carbocycles. The molecule has 3 heteroatoms. The molecule has 0 unspecified atom stereocenters. The minimum atomic E-state index is -0.0401. The Hall–Kier alpha value is -1.22. The van der Waals surface area contributed by atoms with E-state index in [9.17, 15) is 0 Å². The van der Waals surface area contributed by atoms with Crippen LogP contribution < -0.4 is 10.2 Å². The summed E-state index contributed by atoms with van der Waals surface area (Å²) in [5.74, 6) is 0. The van der Waals surface area contributed by atoms with Crippen molar-refractivity contribution in [2.24, 2.45) is 0 Å². The van der Waals surface area contributed by atoms with Crippen LogP contribution >= 0.6 is 0 Å². The van der Waals surface area contributed by atoms with Crippen LogP contribution in [0.15, 0.2) is 18.2 Å². The highest BCUT2D eigenvalue weighted by Crippen LogP contribution is 2.29. The molecular formula is C15H22N2O. The number of ether oxygens (including phenoxy) is 1. The van der Waals surface area contributed by atoms with E-state index in [1.807, 2.05) is 0 Å². The van der Waals surface area contributed by atoms with E-state index in [1.165, 1.54) is 29.8 Å². The number of nitrogens with one attached hydrogen (secondary N) is 1. The molecule has 1 saturated heterocycles. The molecule has 3 rings (SSSR count). The summed E-state index contributed by atoms with van der Waals surface area (Å²) in [6.45, 7) is 8.20. The molecule has 0 amide bonds. The van der Waals surface area contributed by atoms with Crippen LogP contribution in [-0.2, 0) is 11.2 Å². The molecule has 98 valence electrons. The molecule has 1 fully saturated rings. The van der Waals surface area contributed by atoms with Crippen molar-refractivity contribution in [1.82, 2.24) is 0 Å². The standard InChI is InChI=1S/C15H22N2O/c1-15(2)11-17(8-9-18-15)13-6-5-12-4-3-7-16-14(12)10-13/h5-6,10,16H,3-4,7-9,11H2,1-2H3. The largest absolute Gasteiger partial charge is 0.385 e. The molecule has 18 heavy (non-hydrogen) atoms. The van der Waals surface area contributed by atoms with Crippen LogP contribution in [0.1, 0.15) is 25.8 Å². The topological polar surface area (TPSA) is 24.5 Å². The van der Waals surface area contributed by atoms with Gasteiger partial charge in [-0.1, -0.05) is 6.07 Å². The van der Waals surface area contributed by atoms with E-state index in [4.69, 9.17) is 4.74 Å². The first kappa shape index (κ1) is 11.8. The van der Waals surface area contributed by atoms with Crippen molar-refractivity contribution in [3.05, 3.63) is 23.8 Å². The third-order valence-corrected chi connectivity index (χ3v) is 3.82. The molecule has 3 nitrogen and oxygen atoms in total. The second kappa shape index (κ2) is 4.47. The molecule has 1 aromatic carbocycles. The molecule has 1 N–H and O–H groups in total. The number of benzene rings is 1. The first-order valence-corrected chi connectivity index (χ1v) is 6.90. The summed E-state index contributed by atoms with van der Waals surface area (Å²) < 4.78 is 5.77. The van der Waals surface area contributed by atoms with Gasteiger partial charge in [-0.15, -0.1) is 0 Å². The van der Waals surface area contributed by atoms with E-state index < -0.39 is 0 Å². The van der Waals surface area contributed by atoms with Gasteiger partial charge in [0.2, 0.25) is 0 Å². The predicted molar refractivity (Wildman–Crippen MR) is 75.5 cm³/mol. The Bertz CT molecular complexity index is 442. The van der Waals surface area contributed by atoms with Crippen molar-refractivity contribution < 1.29 is 4.74 Å². The highest BCUT2D eigenvalue weighted by molar-refractivity contribution is 5.63. The average Bonchev–Trinajstić information content (AvgIpc) is 2.37. The molecule has 0 aromatic heterocycles. The molecule has 0 radical (unpaired) electrons. The Morgan fingerprint density at radius 3 is 3.06 bits per heavy atom. The number of nitrogens with zero attached hydrogens (tertiary/aromatic N) is 1. The van der Waals surface area contributed by atoms with Crippen molar-refractivity contribution >= 4 is 11.4 Å². The number of aryl methyl sites for hydroxylation is 1. The zero-order valence-electron chi connectivity index (χ0n) is 11.3.